The quantitative estimate of drug-likeness (QED) is 0.837. The number of rotatable bonds is 4. The third-order valence-electron chi connectivity index (χ3n) is 3.35. The second kappa shape index (κ2) is 4.50. The number of fused-ring (bicyclic) bond motifs is 1. The van der Waals surface area contributed by atoms with Crippen molar-refractivity contribution in [1.82, 2.24) is 0 Å². The first-order valence-corrected chi connectivity index (χ1v) is 5.75. The molecule has 0 atom stereocenters. The molecule has 0 fully saturated rings. The van der Waals surface area contributed by atoms with Gasteiger partial charge >= 0.3 is 0 Å². The normalized spacial score (nSPS) is 16.4. The lowest BCUT2D eigenvalue weighted by molar-refractivity contribution is -0.00353. The number of hydrogen-bond donors (Lipinski definition) is 1. The van der Waals surface area contributed by atoms with Crippen LogP contribution in [0.1, 0.15) is 24.0 Å². The molecule has 0 saturated heterocycles. The van der Waals surface area contributed by atoms with Gasteiger partial charge in [0.05, 0.1) is 6.54 Å². The molecular weight excluding hydrogens is 208 g/mol. The fraction of sp³-hybridized carbons (Fsp3) is 0.538. The van der Waals surface area contributed by atoms with Crippen LogP contribution in [0.4, 0.5) is 8.78 Å². The average Bonchev–Trinajstić information content (AvgIpc) is 2.69. The van der Waals surface area contributed by atoms with Crippen molar-refractivity contribution < 1.29 is 8.78 Å². The summed E-state index contributed by atoms with van der Waals surface area (Å²) in [5, 5.41) is 0. The lowest BCUT2D eigenvalue weighted by atomic mass is 9.98. The maximum Gasteiger partial charge on any atom is 0.260 e. The van der Waals surface area contributed by atoms with E-state index in [1.807, 2.05) is 12.1 Å². The molecule has 2 rings (SSSR count). The van der Waals surface area contributed by atoms with Crippen LogP contribution in [-0.4, -0.2) is 12.5 Å². The van der Waals surface area contributed by atoms with Crippen LogP contribution in [0.5, 0.6) is 0 Å². The van der Waals surface area contributed by atoms with Gasteiger partial charge in [-0.2, -0.15) is 0 Å². The summed E-state index contributed by atoms with van der Waals surface area (Å²) in [5.74, 6) is -2.32. The first kappa shape index (κ1) is 11.5. The molecule has 0 aromatic heterocycles. The van der Waals surface area contributed by atoms with E-state index < -0.39 is 12.5 Å². The molecular formula is C13H17F2N. The highest BCUT2D eigenvalue weighted by Gasteiger charge is 2.29. The summed E-state index contributed by atoms with van der Waals surface area (Å²) in [6.45, 7) is -0.535. The van der Waals surface area contributed by atoms with E-state index in [1.165, 1.54) is 11.1 Å². The number of benzene rings is 1. The third kappa shape index (κ3) is 2.59. The highest BCUT2D eigenvalue weighted by Crippen LogP contribution is 2.32. The second-order valence-corrected chi connectivity index (χ2v) is 4.64. The largest absolute Gasteiger partial charge is 0.325 e. The van der Waals surface area contributed by atoms with Gasteiger partial charge in [0.2, 0.25) is 0 Å². The fourth-order valence-corrected chi connectivity index (χ4v) is 2.37. The summed E-state index contributed by atoms with van der Waals surface area (Å²) < 4.78 is 26.0. The predicted octanol–water partition coefficient (Wildman–Crippen LogP) is 2.78. The molecule has 3 heteroatoms. The first-order valence-electron chi connectivity index (χ1n) is 5.75. The van der Waals surface area contributed by atoms with Gasteiger partial charge in [0.15, 0.2) is 0 Å². The van der Waals surface area contributed by atoms with Gasteiger partial charge < -0.3 is 5.73 Å². The minimum absolute atomic E-state index is 0.0812. The Labute approximate surface area is 94.7 Å². The molecule has 0 heterocycles. The maximum absolute atomic E-state index is 13.0. The number of nitrogens with two attached hydrogens (primary N) is 1. The van der Waals surface area contributed by atoms with Gasteiger partial charge in [-0.3, -0.25) is 0 Å². The van der Waals surface area contributed by atoms with Gasteiger partial charge in [0, 0.05) is 6.42 Å². The highest BCUT2D eigenvalue weighted by molar-refractivity contribution is 5.31. The lowest BCUT2D eigenvalue weighted by Gasteiger charge is -2.16. The van der Waals surface area contributed by atoms with E-state index in [0.29, 0.717) is 12.3 Å². The van der Waals surface area contributed by atoms with Crippen LogP contribution in [0, 0.1) is 5.92 Å². The Hall–Kier alpha value is -0.960. The molecule has 16 heavy (non-hydrogen) atoms. The maximum atomic E-state index is 13.0. The molecule has 1 aromatic carbocycles. The molecule has 0 spiro atoms. The van der Waals surface area contributed by atoms with Crippen LogP contribution in [-0.2, 0) is 12.8 Å². The van der Waals surface area contributed by atoms with E-state index >= 15 is 0 Å². The standard InChI is InChI=1S/C13H17F2N/c14-13(15,9-16)6-5-10-7-11-3-1-2-4-12(11)8-10/h1-4,10H,5-9,16H2. The van der Waals surface area contributed by atoms with E-state index in [4.69, 9.17) is 5.73 Å². The van der Waals surface area contributed by atoms with Gasteiger partial charge in [0.25, 0.3) is 5.92 Å². The molecule has 0 bridgehead atoms. The monoisotopic (exact) mass is 225 g/mol. The molecule has 88 valence electrons. The molecule has 0 unspecified atom stereocenters. The molecule has 2 N–H and O–H groups in total. The van der Waals surface area contributed by atoms with Gasteiger partial charge in [0.1, 0.15) is 0 Å². The Morgan fingerprint density at radius 1 is 1.19 bits per heavy atom. The number of alkyl halides is 2. The van der Waals surface area contributed by atoms with Crippen LogP contribution in [0.2, 0.25) is 0 Å². The SMILES string of the molecule is NCC(F)(F)CCC1Cc2ccccc2C1. The van der Waals surface area contributed by atoms with Crippen molar-refractivity contribution in [3.05, 3.63) is 35.4 Å². The first-order chi connectivity index (χ1) is 7.61. The minimum Gasteiger partial charge on any atom is -0.325 e. The van der Waals surface area contributed by atoms with Crippen molar-refractivity contribution in [2.24, 2.45) is 11.7 Å². The van der Waals surface area contributed by atoms with Crippen LogP contribution < -0.4 is 5.73 Å². The summed E-state index contributed by atoms with van der Waals surface area (Å²) in [6.07, 6.45) is 2.37. The number of hydrogen-bond acceptors (Lipinski definition) is 1. The van der Waals surface area contributed by atoms with Crippen molar-refractivity contribution in [3.63, 3.8) is 0 Å². The summed E-state index contributed by atoms with van der Waals surface area (Å²) in [7, 11) is 0. The second-order valence-electron chi connectivity index (χ2n) is 4.64. The van der Waals surface area contributed by atoms with Gasteiger partial charge in [-0.1, -0.05) is 24.3 Å². The molecule has 0 saturated carbocycles. The van der Waals surface area contributed by atoms with Crippen LogP contribution in [0.15, 0.2) is 24.3 Å². The van der Waals surface area contributed by atoms with Gasteiger partial charge in [-0.05, 0) is 36.3 Å². The predicted molar refractivity (Wildman–Crippen MR) is 60.6 cm³/mol. The summed E-state index contributed by atoms with van der Waals surface area (Å²) >= 11 is 0. The van der Waals surface area contributed by atoms with E-state index in [1.54, 1.807) is 0 Å². The zero-order chi connectivity index (χ0) is 11.6. The average molecular weight is 225 g/mol. The lowest BCUT2D eigenvalue weighted by Crippen LogP contribution is -2.28. The van der Waals surface area contributed by atoms with Crippen molar-refractivity contribution in [3.8, 4) is 0 Å². The van der Waals surface area contributed by atoms with Crippen molar-refractivity contribution in [1.29, 1.82) is 0 Å². The summed E-state index contributed by atoms with van der Waals surface area (Å²) in [4.78, 5) is 0. The Balaban J connectivity index is 1.88. The third-order valence-corrected chi connectivity index (χ3v) is 3.35. The molecule has 0 radical (unpaired) electrons. The van der Waals surface area contributed by atoms with Crippen LogP contribution in [0.3, 0.4) is 0 Å². The molecule has 1 aliphatic rings. The fourth-order valence-electron chi connectivity index (χ4n) is 2.37. The Bertz CT molecular complexity index is 338. The molecule has 0 amide bonds. The van der Waals surface area contributed by atoms with Gasteiger partial charge in [-0.25, -0.2) is 8.78 Å². The Kier molecular flexibility index (Phi) is 3.24. The topological polar surface area (TPSA) is 26.0 Å². The van der Waals surface area contributed by atoms with E-state index in [0.717, 1.165) is 12.8 Å². The van der Waals surface area contributed by atoms with E-state index in [2.05, 4.69) is 12.1 Å². The van der Waals surface area contributed by atoms with Crippen molar-refractivity contribution >= 4 is 0 Å². The minimum atomic E-state index is -2.69. The highest BCUT2D eigenvalue weighted by atomic mass is 19.3. The van der Waals surface area contributed by atoms with Crippen LogP contribution >= 0.6 is 0 Å². The van der Waals surface area contributed by atoms with Gasteiger partial charge in [-0.15, -0.1) is 0 Å². The van der Waals surface area contributed by atoms with Crippen LogP contribution in [0.25, 0.3) is 0 Å². The number of halogens is 2. The summed E-state index contributed by atoms with van der Waals surface area (Å²) in [6, 6.07) is 8.21. The zero-order valence-corrected chi connectivity index (χ0v) is 9.26. The molecule has 0 aliphatic heterocycles. The zero-order valence-electron chi connectivity index (χ0n) is 9.26. The Morgan fingerprint density at radius 3 is 2.25 bits per heavy atom. The van der Waals surface area contributed by atoms with E-state index in [9.17, 15) is 8.78 Å². The van der Waals surface area contributed by atoms with Crippen molar-refractivity contribution in [2.45, 2.75) is 31.6 Å². The molecule has 1 aromatic rings. The molecule has 1 nitrogen and oxygen atoms in total. The van der Waals surface area contributed by atoms with Crippen molar-refractivity contribution in [2.75, 3.05) is 6.54 Å². The Morgan fingerprint density at radius 2 is 1.75 bits per heavy atom. The molecule has 1 aliphatic carbocycles. The van der Waals surface area contributed by atoms with E-state index in [-0.39, 0.29) is 6.42 Å². The summed E-state index contributed by atoms with van der Waals surface area (Å²) in [5.41, 5.74) is 7.67. The smallest absolute Gasteiger partial charge is 0.260 e.